The molecule has 2 aromatic rings. The number of nitrogen functional groups attached to an aromatic ring is 1. The molecule has 0 aliphatic carbocycles. The molecule has 0 aromatic heterocycles. The van der Waals surface area contributed by atoms with Crippen molar-refractivity contribution in [3.63, 3.8) is 0 Å². The summed E-state index contributed by atoms with van der Waals surface area (Å²) in [5.74, 6) is 0.145. The van der Waals surface area contributed by atoms with E-state index in [1.165, 1.54) is 7.11 Å². The van der Waals surface area contributed by atoms with Gasteiger partial charge in [0.05, 0.1) is 13.7 Å². The van der Waals surface area contributed by atoms with Crippen LogP contribution in [0.25, 0.3) is 0 Å². The van der Waals surface area contributed by atoms with Crippen molar-refractivity contribution in [2.45, 2.75) is 6.54 Å². The second-order valence-corrected chi connectivity index (χ2v) is 5.93. The van der Waals surface area contributed by atoms with Gasteiger partial charge in [0.1, 0.15) is 11.6 Å². The first-order valence-electron chi connectivity index (χ1n) is 7.89. The Balaban J connectivity index is 0.00000364. The van der Waals surface area contributed by atoms with Crippen LogP contribution in [0.2, 0.25) is 5.02 Å². The number of hydrogen-bond acceptors (Lipinski definition) is 5. The van der Waals surface area contributed by atoms with E-state index in [0.29, 0.717) is 34.1 Å². The number of nitrogens with one attached hydrogen (secondary N) is 3. The van der Waals surface area contributed by atoms with E-state index in [0.717, 1.165) is 5.56 Å². The number of rotatable bonds is 8. The molecular weight excluding hydrogens is 391 g/mol. The summed E-state index contributed by atoms with van der Waals surface area (Å²) < 4.78 is 5.12. The number of ether oxygens (including phenoxy) is 1. The van der Waals surface area contributed by atoms with Crippen molar-refractivity contribution < 1.29 is 14.6 Å². The molecule has 0 radical (unpaired) electrons. The van der Waals surface area contributed by atoms with Gasteiger partial charge in [0, 0.05) is 34.9 Å². The molecule has 0 fully saturated rings. The van der Waals surface area contributed by atoms with Gasteiger partial charge in [-0.05, 0) is 29.8 Å². The van der Waals surface area contributed by atoms with Gasteiger partial charge in [-0.25, -0.2) is 0 Å². The number of amidine groups is 1. The Kier molecular flexibility index (Phi) is 8.87. The lowest BCUT2D eigenvalue weighted by molar-refractivity contribution is 0.0950. The Morgan fingerprint density at radius 2 is 2.00 bits per heavy atom. The van der Waals surface area contributed by atoms with Crippen LogP contribution in [-0.2, 0) is 6.54 Å². The van der Waals surface area contributed by atoms with Crippen LogP contribution in [0.5, 0.6) is 5.75 Å². The normalized spacial score (nSPS) is 9.89. The fourth-order valence-corrected chi connectivity index (χ4v) is 2.57. The third kappa shape index (κ3) is 6.32. The van der Waals surface area contributed by atoms with Gasteiger partial charge < -0.3 is 26.2 Å². The Morgan fingerprint density at radius 1 is 1.26 bits per heavy atom. The summed E-state index contributed by atoms with van der Waals surface area (Å²) in [5, 5.41) is 22.8. The largest absolute Gasteiger partial charge is 0.497 e. The standard InChI is InChI=1S/C18H21ClN4O3.ClH/c1-26-15-7-13(6-14(19)9-15)18(25)23-10-12-3-2-11(17(20)21)8-16(12)22-4-5-24;/h2-3,6-9,22,24H,4-5,10H2,1H3,(H3,20,21)(H,23,25);1H. The molecule has 0 aliphatic rings. The summed E-state index contributed by atoms with van der Waals surface area (Å²) >= 11 is 5.99. The van der Waals surface area contributed by atoms with Crippen LogP contribution >= 0.6 is 24.0 Å². The lowest BCUT2D eigenvalue weighted by atomic mass is 10.1. The zero-order valence-corrected chi connectivity index (χ0v) is 16.3. The van der Waals surface area contributed by atoms with Crippen molar-refractivity contribution in [1.29, 1.82) is 5.41 Å². The minimum Gasteiger partial charge on any atom is -0.497 e. The van der Waals surface area contributed by atoms with Gasteiger partial charge >= 0.3 is 0 Å². The first-order valence-corrected chi connectivity index (χ1v) is 8.27. The summed E-state index contributed by atoms with van der Waals surface area (Å²) in [6.45, 7) is 0.547. The van der Waals surface area contributed by atoms with Gasteiger partial charge in [-0.15, -0.1) is 12.4 Å². The molecule has 0 atom stereocenters. The highest BCUT2D eigenvalue weighted by atomic mass is 35.5. The zero-order chi connectivity index (χ0) is 19.1. The van der Waals surface area contributed by atoms with Crippen molar-refractivity contribution >= 4 is 41.4 Å². The molecule has 0 spiro atoms. The van der Waals surface area contributed by atoms with Crippen LogP contribution in [-0.4, -0.2) is 37.1 Å². The van der Waals surface area contributed by atoms with Crippen LogP contribution in [0, 0.1) is 5.41 Å². The molecule has 0 heterocycles. The third-order valence-electron chi connectivity index (χ3n) is 3.66. The Labute approximate surface area is 168 Å². The maximum atomic E-state index is 12.4. The number of halogens is 2. The fourth-order valence-electron chi connectivity index (χ4n) is 2.34. The zero-order valence-electron chi connectivity index (χ0n) is 14.7. The number of nitrogens with two attached hydrogens (primary N) is 1. The first-order chi connectivity index (χ1) is 12.4. The Morgan fingerprint density at radius 3 is 2.63 bits per heavy atom. The van der Waals surface area contributed by atoms with Crippen LogP contribution < -0.4 is 21.1 Å². The minimum atomic E-state index is -0.297. The van der Waals surface area contributed by atoms with Crippen molar-refractivity contribution in [2.24, 2.45) is 5.73 Å². The number of aliphatic hydroxyl groups excluding tert-OH is 1. The molecule has 1 amide bonds. The Bertz CT molecular complexity index is 815. The second kappa shape index (κ2) is 10.6. The van der Waals surface area contributed by atoms with Gasteiger partial charge in [-0.2, -0.15) is 0 Å². The average Bonchev–Trinajstić information content (AvgIpc) is 2.63. The third-order valence-corrected chi connectivity index (χ3v) is 3.87. The van der Waals surface area contributed by atoms with Crippen molar-refractivity contribution in [3.05, 3.63) is 58.1 Å². The fraction of sp³-hybridized carbons (Fsp3) is 0.222. The highest BCUT2D eigenvalue weighted by molar-refractivity contribution is 6.31. The van der Waals surface area contributed by atoms with Gasteiger partial charge in [0.25, 0.3) is 5.91 Å². The maximum Gasteiger partial charge on any atom is 0.251 e. The van der Waals surface area contributed by atoms with E-state index in [-0.39, 0.29) is 37.3 Å². The summed E-state index contributed by atoms with van der Waals surface area (Å²) in [6.07, 6.45) is 0. The summed E-state index contributed by atoms with van der Waals surface area (Å²) in [7, 11) is 1.50. The van der Waals surface area contributed by atoms with Crippen molar-refractivity contribution in [3.8, 4) is 5.75 Å². The predicted molar refractivity (Wildman–Crippen MR) is 109 cm³/mol. The molecule has 27 heavy (non-hydrogen) atoms. The molecular formula is C18H22Cl2N4O3. The number of methoxy groups -OCH3 is 1. The van der Waals surface area contributed by atoms with Gasteiger partial charge in [-0.1, -0.05) is 23.7 Å². The number of amides is 1. The van der Waals surface area contributed by atoms with Crippen molar-refractivity contribution in [1.82, 2.24) is 5.32 Å². The number of anilines is 1. The molecule has 7 nitrogen and oxygen atoms in total. The summed E-state index contributed by atoms with van der Waals surface area (Å²) in [5.41, 5.74) is 7.94. The van der Waals surface area contributed by atoms with Crippen LogP contribution in [0.3, 0.4) is 0 Å². The number of carbonyl (C=O) groups excluding carboxylic acids is 1. The lowest BCUT2D eigenvalue weighted by Gasteiger charge is -2.14. The smallest absolute Gasteiger partial charge is 0.251 e. The van der Waals surface area contributed by atoms with Gasteiger partial charge in [0.2, 0.25) is 0 Å². The van der Waals surface area contributed by atoms with E-state index < -0.39 is 0 Å². The number of carbonyl (C=O) groups is 1. The molecule has 2 aromatic carbocycles. The van der Waals surface area contributed by atoms with Gasteiger partial charge in [-0.3, -0.25) is 10.2 Å². The lowest BCUT2D eigenvalue weighted by Crippen LogP contribution is -2.24. The molecule has 0 saturated heterocycles. The summed E-state index contributed by atoms with van der Waals surface area (Å²) in [6, 6.07) is 9.97. The average molecular weight is 413 g/mol. The molecule has 0 bridgehead atoms. The minimum absolute atomic E-state index is 0. The highest BCUT2D eigenvalue weighted by Crippen LogP contribution is 2.21. The molecule has 0 unspecified atom stereocenters. The van der Waals surface area contributed by atoms with E-state index in [4.69, 9.17) is 32.6 Å². The monoisotopic (exact) mass is 412 g/mol. The molecule has 2 rings (SSSR count). The molecule has 9 heteroatoms. The molecule has 6 N–H and O–H groups in total. The summed E-state index contributed by atoms with van der Waals surface area (Å²) in [4.78, 5) is 12.4. The topological polar surface area (TPSA) is 120 Å². The number of hydrogen-bond donors (Lipinski definition) is 5. The van der Waals surface area contributed by atoms with Crippen LogP contribution in [0.4, 0.5) is 5.69 Å². The van der Waals surface area contributed by atoms with Gasteiger partial charge in [0.15, 0.2) is 0 Å². The molecule has 0 saturated carbocycles. The van der Waals surface area contributed by atoms with E-state index >= 15 is 0 Å². The first kappa shape index (κ1) is 22.6. The Hall–Kier alpha value is -2.48. The van der Waals surface area contributed by atoms with E-state index in [9.17, 15) is 4.79 Å². The number of aliphatic hydroxyl groups is 1. The number of benzene rings is 2. The van der Waals surface area contributed by atoms with Crippen molar-refractivity contribution in [2.75, 3.05) is 25.6 Å². The molecule has 0 aliphatic heterocycles. The maximum absolute atomic E-state index is 12.4. The predicted octanol–water partition coefficient (Wildman–Crippen LogP) is 2.39. The quantitative estimate of drug-likeness (QED) is 0.336. The van der Waals surface area contributed by atoms with E-state index in [1.807, 2.05) is 0 Å². The van der Waals surface area contributed by atoms with E-state index in [1.54, 1.807) is 36.4 Å². The highest BCUT2D eigenvalue weighted by Gasteiger charge is 2.11. The van der Waals surface area contributed by atoms with E-state index in [2.05, 4.69) is 10.6 Å². The second-order valence-electron chi connectivity index (χ2n) is 5.50. The SMILES string of the molecule is COc1cc(Cl)cc(C(=O)NCc2ccc(C(=N)N)cc2NCCO)c1.Cl. The van der Waals surface area contributed by atoms with Crippen LogP contribution in [0.1, 0.15) is 21.5 Å². The molecule has 146 valence electrons. The van der Waals surface area contributed by atoms with Crippen LogP contribution in [0.15, 0.2) is 36.4 Å².